The zero-order valence-electron chi connectivity index (χ0n) is 10.5. The number of anilines is 2. The molecule has 0 radical (unpaired) electrons. The van der Waals surface area contributed by atoms with Gasteiger partial charge in [0.1, 0.15) is 5.76 Å². The number of nitrogen functional groups attached to an aromatic ring is 1. The lowest BCUT2D eigenvalue weighted by Gasteiger charge is -2.08. The van der Waals surface area contributed by atoms with E-state index in [2.05, 4.69) is 10.3 Å². The van der Waals surface area contributed by atoms with Gasteiger partial charge in [-0.1, -0.05) is 6.92 Å². The number of carbonyl (C=O) groups is 1. The third-order valence-corrected chi connectivity index (χ3v) is 2.65. The van der Waals surface area contributed by atoms with E-state index in [1.165, 1.54) is 6.07 Å². The molecule has 6 heteroatoms. The summed E-state index contributed by atoms with van der Waals surface area (Å²) < 4.78 is 5.43. The van der Waals surface area contributed by atoms with E-state index in [0.717, 1.165) is 12.2 Å². The quantitative estimate of drug-likeness (QED) is 0.713. The first-order chi connectivity index (χ1) is 9.10. The highest BCUT2D eigenvalue weighted by molar-refractivity contribution is 5.95. The van der Waals surface area contributed by atoms with Crippen molar-refractivity contribution in [3.63, 3.8) is 0 Å². The molecule has 0 aliphatic heterocycles. The highest BCUT2D eigenvalue weighted by atomic mass is 16.4. The van der Waals surface area contributed by atoms with Gasteiger partial charge < -0.3 is 20.6 Å². The highest BCUT2D eigenvalue weighted by Gasteiger charge is 2.11. The van der Waals surface area contributed by atoms with E-state index in [1.54, 1.807) is 18.3 Å². The topological polar surface area (TPSA) is 101 Å². The maximum atomic E-state index is 11.1. The first kappa shape index (κ1) is 12.9. The number of oxazole rings is 1. The van der Waals surface area contributed by atoms with Crippen molar-refractivity contribution in [2.24, 2.45) is 0 Å². The van der Waals surface area contributed by atoms with Crippen LogP contribution in [0.4, 0.5) is 11.4 Å². The number of nitrogens with two attached hydrogens (primary N) is 1. The minimum absolute atomic E-state index is 0.127. The first-order valence-electron chi connectivity index (χ1n) is 5.90. The van der Waals surface area contributed by atoms with Crippen LogP contribution in [0.5, 0.6) is 0 Å². The van der Waals surface area contributed by atoms with E-state index in [0.29, 0.717) is 23.8 Å². The van der Waals surface area contributed by atoms with Crippen LogP contribution in [0.3, 0.4) is 0 Å². The normalized spacial score (nSPS) is 10.4. The molecule has 0 amide bonds. The van der Waals surface area contributed by atoms with Crippen molar-refractivity contribution < 1.29 is 14.3 Å². The van der Waals surface area contributed by atoms with Gasteiger partial charge in [0.05, 0.1) is 18.3 Å². The van der Waals surface area contributed by atoms with Crippen LogP contribution in [-0.2, 0) is 13.0 Å². The van der Waals surface area contributed by atoms with Crippen LogP contribution >= 0.6 is 0 Å². The second-order valence-electron chi connectivity index (χ2n) is 4.04. The van der Waals surface area contributed by atoms with Crippen LogP contribution in [0.1, 0.15) is 28.9 Å². The number of hydrogen-bond donors (Lipinski definition) is 3. The number of aryl methyl sites for hydroxylation is 1. The van der Waals surface area contributed by atoms with Gasteiger partial charge in [-0.2, -0.15) is 0 Å². The Balaban J connectivity index is 2.12. The summed E-state index contributed by atoms with van der Waals surface area (Å²) >= 11 is 0. The van der Waals surface area contributed by atoms with Gasteiger partial charge in [0, 0.05) is 17.8 Å². The summed E-state index contributed by atoms with van der Waals surface area (Å²) in [6.07, 6.45) is 2.44. The van der Waals surface area contributed by atoms with Gasteiger partial charge in [0.25, 0.3) is 0 Å². The largest absolute Gasteiger partial charge is 0.478 e. The van der Waals surface area contributed by atoms with Gasteiger partial charge in [0.15, 0.2) is 0 Å². The minimum Gasteiger partial charge on any atom is -0.478 e. The van der Waals surface area contributed by atoms with Crippen LogP contribution < -0.4 is 11.1 Å². The SMILES string of the molecule is CCc1cnc(CNc2ccc(N)cc2C(=O)O)o1. The average Bonchev–Trinajstić information content (AvgIpc) is 2.85. The zero-order valence-corrected chi connectivity index (χ0v) is 10.5. The maximum absolute atomic E-state index is 11.1. The number of hydrogen-bond acceptors (Lipinski definition) is 5. The van der Waals surface area contributed by atoms with Gasteiger partial charge in [-0.3, -0.25) is 0 Å². The predicted molar refractivity (Wildman–Crippen MR) is 71.0 cm³/mol. The fourth-order valence-electron chi connectivity index (χ4n) is 1.66. The summed E-state index contributed by atoms with van der Waals surface area (Å²) in [6, 6.07) is 4.68. The Morgan fingerprint density at radius 2 is 2.32 bits per heavy atom. The monoisotopic (exact) mass is 261 g/mol. The maximum Gasteiger partial charge on any atom is 0.337 e. The highest BCUT2D eigenvalue weighted by Crippen LogP contribution is 2.19. The predicted octanol–water partition coefficient (Wildman–Crippen LogP) is 2.13. The fraction of sp³-hybridized carbons (Fsp3) is 0.231. The Morgan fingerprint density at radius 3 is 2.95 bits per heavy atom. The Kier molecular flexibility index (Phi) is 3.70. The molecule has 0 aliphatic carbocycles. The molecule has 19 heavy (non-hydrogen) atoms. The number of nitrogens with one attached hydrogen (secondary N) is 1. The molecule has 0 fully saturated rings. The molecule has 0 atom stereocenters. The smallest absolute Gasteiger partial charge is 0.337 e. The van der Waals surface area contributed by atoms with Crippen LogP contribution in [0, 0.1) is 0 Å². The molecule has 1 heterocycles. The summed E-state index contributed by atoms with van der Waals surface area (Å²) in [7, 11) is 0. The van der Waals surface area contributed by atoms with Gasteiger partial charge in [0.2, 0.25) is 5.89 Å². The van der Waals surface area contributed by atoms with Crippen LogP contribution in [0.25, 0.3) is 0 Å². The Bertz CT molecular complexity index is 593. The Morgan fingerprint density at radius 1 is 1.53 bits per heavy atom. The van der Waals surface area contributed by atoms with Crippen LogP contribution in [0.2, 0.25) is 0 Å². The molecule has 1 aromatic carbocycles. The van der Waals surface area contributed by atoms with Crippen LogP contribution in [-0.4, -0.2) is 16.1 Å². The van der Waals surface area contributed by atoms with Crippen molar-refractivity contribution in [2.45, 2.75) is 19.9 Å². The second kappa shape index (κ2) is 5.43. The molecule has 0 saturated carbocycles. The van der Waals surface area contributed by atoms with Gasteiger partial charge in [-0.25, -0.2) is 9.78 Å². The molecule has 0 saturated heterocycles. The van der Waals surface area contributed by atoms with Crippen molar-refractivity contribution in [3.8, 4) is 0 Å². The number of aromatic nitrogens is 1. The lowest BCUT2D eigenvalue weighted by atomic mass is 10.1. The van der Waals surface area contributed by atoms with E-state index in [-0.39, 0.29) is 5.56 Å². The number of rotatable bonds is 5. The first-order valence-corrected chi connectivity index (χ1v) is 5.90. The summed E-state index contributed by atoms with van der Waals surface area (Å²) in [6.45, 7) is 2.30. The summed E-state index contributed by atoms with van der Waals surface area (Å²) in [5.41, 5.74) is 6.59. The number of benzene rings is 1. The molecular formula is C13H15N3O3. The molecule has 0 spiro atoms. The lowest BCUT2D eigenvalue weighted by molar-refractivity contribution is 0.0698. The minimum atomic E-state index is -1.03. The second-order valence-corrected chi connectivity index (χ2v) is 4.04. The number of carboxylic acid groups (broad SMARTS) is 1. The van der Waals surface area contributed by atoms with E-state index >= 15 is 0 Å². The molecule has 0 unspecified atom stereocenters. The van der Waals surface area contributed by atoms with E-state index in [1.807, 2.05) is 6.92 Å². The third kappa shape index (κ3) is 3.04. The number of aromatic carboxylic acids is 1. The molecule has 0 aliphatic rings. The van der Waals surface area contributed by atoms with Gasteiger partial charge in [-0.05, 0) is 18.2 Å². The van der Waals surface area contributed by atoms with Crippen LogP contribution in [0.15, 0.2) is 28.8 Å². The molecule has 2 rings (SSSR count). The summed E-state index contributed by atoms with van der Waals surface area (Å²) in [5.74, 6) is 0.286. The number of nitrogens with zero attached hydrogens (tertiary/aromatic N) is 1. The molecule has 1 aromatic heterocycles. The third-order valence-electron chi connectivity index (χ3n) is 2.65. The van der Waals surface area contributed by atoms with E-state index in [4.69, 9.17) is 15.3 Å². The molecule has 100 valence electrons. The van der Waals surface area contributed by atoms with Gasteiger partial charge >= 0.3 is 5.97 Å². The Hall–Kier alpha value is -2.50. The number of carboxylic acids is 1. The average molecular weight is 261 g/mol. The van der Waals surface area contributed by atoms with Crippen molar-refractivity contribution in [1.29, 1.82) is 0 Å². The zero-order chi connectivity index (χ0) is 13.8. The van der Waals surface area contributed by atoms with Crippen molar-refractivity contribution in [2.75, 3.05) is 11.1 Å². The molecular weight excluding hydrogens is 246 g/mol. The summed E-state index contributed by atoms with van der Waals surface area (Å²) in [4.78, 5) is 15.2. The lowest BCUT2D eigenvalue weighted by Crippen LogP contribution is -2.07. The molecule has 6 nitrogen and oxygen atoms in total. The van der Waals surface area contributed by atoms with E-state index in [9.17, 15) is 4.79 Å². The van der Waals surface area contributed by atoms with E-state index < -0.39 is 5.97 Å². The van der Waals surface area contributed by atoms with Crippen molar-refractivity contribution >= 4 is 17.3 Å². The van der Waals surface area contributed by atoms with Gasteiger partial charge in [-0.15, -0.1) is 0 Å². The fourth-order valence-corrected chi connectivity index (χ4v) is 1.66. The molecule has 2 aromatic rings. The Labute approximate surface area is 110 Å². The molecule has 0 bridgehead atoms. The summed E-state index contributed by atoms with van der Waals surface area (Å²) in [5, 5.41) is 12.1. The molecule has 4 N–H and O–H groups in total. The van der Waals surface area contributed by atoms with Crippen molar-refractivity contribution in [1.82, 2.24) is 4.98 Å². The van der Waals surface area contributed by atoms with Crippen molar-refractivity contribution in [3.05, 3.63) is 41.6 Å². The standard InChI is InChI=1S/C13H15N3O3/c1-2-9-6-16-12(19-9)7-15-11-4-3-8(14)5-10(11)13(17)18/h3-6,15H,2,7,14H2,1H3,(H,17,18).